The van der Waals surface area contributed by atoms with Crippen molar-refractivity contribution in [3.63, 3.8) is 0 Å². The van der Waals surface area contributed by atoms with Gasteiger partial charge in [0.15, 0.2) is 0 Å². The fraction of sp³-hybridized carbons (Fsp3) is 0.400. The number of nitrogen functional groups attached to an aromatic ring is 1. The molecule has 0 radical (unpaired) electrons. The van der Waals surface area contributed by atoms with Crippen molar-refractivity contribution in [1.29, 1.82) is 0 Å². The monoisotopic (exact) mass is 308 g/mol. The lowest BCUT2D eigenvalue weighted by molar-refractivity contribution is 0.0921. The highest BCUT2D eigenvalue weighted by Gasteiger charge is 2.26. The summed E-state index contributed by atoms with van der Waals surface area (Å²) in [7, 11) is 0. The van der Waals surface area contributed by atoms with Crippen molar-refractivity contribution in [3.8, 4) is 0 Å². The van der Waals surface area contributed by atoms with Gasteiger partial charge in [0.05, 0.1) is 17.2 Å². The lowest BCUT2D eigenvalue weighted by atomic mass is 10.1. The Morgan fingerprint density at radius 1 is 1.48 bits per heavy atom. The fourth-order valence-corrected chi connectivity index (χ4v) is 3.91. The molecule has 1 fully saturated rings. The molecule has 0 aliphatic heterocycles. The molecule has 3 rings (SSSR count). The summed E-state index contributed by atoms with van der Waals surface area (Å²) in [4.78, 5) is 12.6. The maximum absolute atomic E-state index is 13.8. The van der Waals surface area contributed by atoms with Crippen molar-refractivity contribution >= 4 is 33.0 Å². The first-order valence-corrected chi connectivity index (χ1v) is 7.82. The van der Waals surface area contributed by atoms with Gasteiger partial charge in [-0.25, -0.2) is 4.39 Å². The van der Waals surface area contributed by atoms with Crippen molar-refractivity contribution in [2.24, 2.45) is 5.92 Å². The number of benzene rings is 1. The van der Waals surface area contributed by atoms with E-state index in [2.05, 4.69) is 5.32 Å². The number of rotatable bonds is 3. The van der Waals surface area contributed by atoms with Gasteiger partial charge in [-0.3, -0.25) is 4.79 Å². The molecular weight excluding hydrogens is 291 g/mol. The SMILES string of the molecule is Nc1c(C(=O)NCC2CCCC2O)sc2cccc(F)c12. The molecule has 21 heavy (non-hydrogen) atoms. The number of hydrogen-bond acceptors (Lipinski definition) is 4. The third kappa shape index (κ3) is 2.61. The predicted octanol–water partition coefficient (Wildman–Crippen LogP) is 2.51. The standard InChI is InChI=1S/C15H17FN2O2S/c16-9-4-2-6-11-12(9)13(17)14(21-11)15(20)18-7-8-3-1-5-10(8)19/h2,4,6,8,10,19H,1,3,5,7,17H2,(H,18,20). The van der Waals surface area contributed by atoms with Crippen LogP contribution in [-0.2, 0) is 0 Å². The Kier molecular flexibility index (Phi) is 3.82. The maximum atomic E-state index is 13.8. The first-order chi connectivity index (χ1) is 10.1. The summed E-state index contributed by atoms with van der Waals surface area (Å²) in [6.45, 7) is 0.427. The van der Waals surface area contributed by atoms with E-state index in [1.807, 2.05) is 0 Å². The summed E-state index contributed by atoms with van der Waals surface area (Å²) in [5.74, 6) is -0.611. The molecule has 0 saturated heterocycles. The van der Waals surface area contributed by atoms with Gasteiger partial charge in [-0.2, -0.15) is 0 Å². The van der Waals surface area contributed by atoms with Crippen LogP contribution in [0.3, 0.4) is 0 Å². The highest BCUT2D eigenvalue weighted by molar-refractivity contribution is 7.21. The summed E-state index contributed by atoms with van der Waals surface area (Å²) in [6, 6.07) is 4.68. The summed E-state index contributed by atoms with van der Waals surface area (Å²) in [5.41, 5.74) is 6.10. The Labute approximate surface area is 125 Å². The second kappa shape index (κ2) is 5.61. The average Bonchev–Trinajstić information content (AvgIpc) is 3.01. The number of halogens is 1. The number of anilines is 1. The second-order valence-electron chi connectivity index (χ2n) is 5.43. The molecule has 0 spiro atoms. The zero-order chi connectivity index (χ0) is 15.0. The van der Waals surface area contributed by atoms with Crippen LogP contribution in [0.1, 0.15) is 28.9 Å². The van der Waals surface area contributed by atoms with Crippen molar-refractivity contribution in [2.45, 2.75) is 25.4 Å². The topological polar surface area (TPSA) is 75.4 Å². The number of carbonyl (C=O) groups is 1. The van der Waals surface area contributed by atoms with Crippen LogP contribution in [0, 0.1) is 11.7 Å². The van der Waals surface area contributed by atoms with E-state index in [0.29, 0.717) is 21.5 Å². The van der Waals surface area contributed by atoms with E-state index in [9.17, 15) is 14.3 Å². The molecule has 1 aromatic carbocycles. The molecule has 1 amide bonds. The largest absolute Gasteiger partial charge is 0.397 e. The van der Waals surface area contributed by atoms with E-state index < -0.39 is 5.82 Å². The van der Waals surface area contributed by atoms with Crippen LogP contribution in [0.15, 0.2) is 18.2 Å². The average molecular weight is 308 g/mol. The lowest BCUT2D eigenvalue weighted by Crippen LogP contribution is -2.32. The fourth-order valence-electron chi connectivity index (χ4n) is 2.86. The highest BCUT2D eigenvalue weighted by atomic mass is 32.1. The Morgan fingerprint density at radius 2 is 2.29 bits per heavy atom. The van der Waals surface area contributed by atoms with E-state index in [1.165, 1.54) is 17.4 Å². The number of fused-ring (bicyclic) bond motifs is 1. The summed E-state index contributed by atoms with van der Waals surface area (Å²) < 4.78 is 14.4. The first kappa shape index (κ1) is 14.3. The van der Waals surface area contributed by atoms with E-state index in [-0.39, 0.29) is 23.6 Å². The number of nitrogens with two attached hydrogens (primary N) is 1. The van der Waals surface area contributed by atoms with E-state index in [0.717, 1.165) is 19.3 Å². The summed E-state index contributed by atoms with van der Waals surface area (Å²) >= 11 is 1.19. The van der Waals surface area contributed by atoms with Crippen LogP contribution in [0.25, 0.3) is 10.1 Å². The smallest absolute Gasteiger partial charge is 0.263 e. The van der Waals surface area contributed by atoms with Crippen LogP contribution in [0.4, 0.5) is 10.1 Å². The third-order valence-electron chi connectivity index (χ3n) is 4.05. The van der Waals surface area contributed by atoms with Crippen molar-refractivity contribution in [2.75, 3.05) is 12.3 Å². The van der Waals surface area contributed by atoms with Crippen LogP contribution in [0.2, 0.25) is 0 Å². The minimum Gasteiger partial charge on any atom is -0.397 e. The predicted molar refractivity (Wildman–Crippen MR) is 81.9 cm³/mol. The number of aliphatic hydroxyl groups excluding tert-OH is 1. The van der Waals surface area contributed by atoms with E-state index >= 15 is 0 Å². The molecule has 112 valence electrons. The Bertz CT molecular complexity index is 686. The normalized spacial score (nSPS) is 21.8. The quantitative estimate of drug-likeness (QED) is 0.815. The Balaban J connectivity index is 1.78. The van der Waals surface area contributed by atoms with Gasteiger partial charge in [0.2, 0.25) is 0 Å². The molecule has 1 aromatic heterocycles. The molecule has 4 nitrogen and oxygen atoms in total. The first-order valence-electron chi connectivity index (χ1n) is 7.00. The van der Waals surface area contributed by atoms with Crippen molar-refractivity contribution in [3.05, 3.63) is 28.9 Å². The van der Waals surface area contributed by atoms with Gasteiger partial charge in [0, 0.05) is 17.2 Å². The molecule has 1 aliphatic carbocycles. The molecule has 1 saturated carbocycles. The van der Waals surface area contributed by atoms with E-state index in [4.69, 9.17) is 5.73 Å². The van der Waals surface area contributed by atoms with Gasteiger partial charge in [-0.1, -0.05) is 12.5 Å². The van der Waals surface area contributed by atoms with Crippen molar-refractivity contribution in [1.82, 2.24) is 5.32 Å². The third-order valence-corrected chi connectivity index (χ3v) is 5.22. The van der Waals surface area contributed by atoms with Gasteiger partial charge in [-0.05, 0) is 25.0 Å². The maximum Gasteiger partial charge on any atom is 0.263 e. The van der Waals surface area contributed by atoms with Gasteiger partial charge in [0.1, 0.15) is 10.7 Å². The zero-order valence-corrected chi connectivity index (χ0v) is 12.3. The van der Waals surface area contributed by atoms with Gasteiger partial charge in [0.25, 0.3) is 5.91 Å². The molecule has 2 aromatic rings. The van der Waals surface area contributed by atoms with Crippen LogP contribution < -0.4 is 11.1 Å². The number of nitrogens with one attached hydrogen (secondary N) is 1. The molecule has 1 aliphatic rings. The minimum absolute atomic E-state index is 0.0984. The lowest BCUT2D eigenvalue weighted by Gasteiger charge is -2.14. The zero-order valence-electron chi connectivity index (χ0n) is 11.4. The van der Waals surface area contributed by atoms with Gasteiger partial charge in [-0.15, -0.1) is 11.3 Å². The summed E-state index contributed by atoms with van der Waals surface area (Å²) in [6.07, 6.45) is 2.34. The van der Waals surface area contributed by atoms with Crippen molar-refractivity contribution < 1.29 is 14.3 Å². The number of amides is 1. The molecule has 4 N–H and O–H groups in total. The molecule has 2 unspecified atom stereocenters. The Hall–Kier alpha value is -1.66. The van der Waals surface area contributed by atoms with Gasteiger partial charge >= 0.3 is 0 Å². The molecule has 6 heteroatoms. The molecule has 1 heterocycles. The number of hydrogen-bond donors (Lipinski definition) is 3. The number of thiophene rings is 1. The van der Waals surface area contributed by atoms with Crippen LogP contribution in [-0.4, -0.2) is 23.7 Å². The van der Waals surface area contributed by atoms with Crippen LogP contribution >= 0.6 is 11.3 Å². The number of aliphatic hydroxyl groups is 1. The Morgan fingerprint density at radius 3 is 2.95 bits per heavy atom. The summed E-state index contributed by atoms with van der Waals surface area (Å²) in [5, 5.41) is 12.9. The molecule has 2 atom stereocenters. The number of carbonyl (C=O) groups excluding carboxylic acids is 1. The second-order valence-corrected chi connectivity index (χ2v) is 6.48. The highest BCUT2D eigenvalue weighted by Crippen LogP contribution is 2.35. The van der Waals surface area contributed by atoms with Gasteiger partial charge < -0.3 is 16.2 Å². The van der Waals surface area contributed by atoms with E-state index in [1.54, 1.807) is 12.1 Å². The minimum atomic E-state index is -0.411. The van der Waals surface area contributed by atoms with Crippen LogP contribution in [0.5, 0.6) is 0 Å². The molecule has 0 bridgehead atoms. The molecular formula is C15H17FN2O2S.